The zero-order chi connectivity index (χ0) is 15.2. The van der Waals surface area contributed by atoms with Crippen molar-refractivity contribution in [3.05, 3.63) is 22.7 Å². The highest BCUT2D eigenvalue weighted by Crippen LogP contribution is 2.30. The second kappa shape index (κ2) is 7.83. The molecule has 1 N–H and O–H groups in total. The Kier molecular flexibility index (Phi) is 6.75. The molecular formula is C13H20ClNO4S. The summed E-state index contributed by atoms with van der Waals surface area (Å²) in [6.07, 6.45) is 0.790. The monoisotopic (exact) mass is 321 g/mol. The number of hydrogen-bond acceptors (Lipinski definition) is 4. The first kappa shape index (κ1) is 17.2. The molecule has 0 bridgehead atoms. The molecule has 0 unspecified atom stereocenters. The summed E-state index contributed by atoms with van der Waals surface area (Å²) in [5.74, 6) is 0.318. The van der Waals surface area contributed by atoms with Gasteiger partial charge in [0.2, 0.25) is 10.0 Å². The van der Waals surface area contributed by atoms with E-state index < -0.39 is 10.0 Å². The molecule has 0 amide bonds. The summed E-state index contributed by atoms with van der Waals surface area (Å²) in [7, 11) is -2.17. The Balaban J connectivity index is 3.10. The number of methoxy groups -OCH3 is 1. The van der Waals surface area contributed by atoms with Gasteiger partial charge in [0.1, 0.15) is 10.6 Å². The minimum absolute atomic E-state index is 0.0534. The minimum Gasteiger partial charge on any atom is -0.492 e. The highest BCUT2D eigenvalue weighted by atomic mass is 35.5. The number of halogens is 1. The van der Waals surface area contributed by atoms with Crippen molar-refractivity contribution in [2.75, 3.05) is 26.9 Å². The Bertz CT molecular complexity index is 546. The molecule has 0 atom stereocenters. The van der Waals surface area contributed by atoms with Crippen LogP contribution in [0.2, 0.25) is 5.02 Å². The summed E-state index contributed by atoms with van der Waals surface area (Å²) in [6.45, 7) is 4.69. The molecule has 1 aromatic rings. The molecule has 0 aliphatic heterocycles. The van der Waals surface area contributed by atoms with Crippen molar-refractivity contribution in [3.63, 3.8) is 0 Å². The molecular weight excluding hydrogens is 302 g/mol. The minimum atomic E-state index is -3.67. The molecule has 0 radical (unpaired) electrons. The van der Waals surface area contributed by atoms with Gasteiger partial charge in [-0.25, -0.2) is 13.1 Å². The van der Waals surface area contributed by atoms with Crippen LogP contribution in [0.5, 0.6) is 5.75 Å². The standard InChI is InChI=1S/C13H20ClNO4S/c1-4-6-19-12-8-10(2)11(14)9-13(12)20(16,17)15-5-7-18-3/h8-9,15H,4-7H2,1-3H3. The zero-order valence-corrected chi connectivity index (χ0v) is 13.5. The Labute approximate surface area is 125 Å². The van der Waals surface area contributed by atoms with E-state index >= 15 is 0 Å². The highest BCUT2D eigenvalue weighted by Gasteiger charge is 2.21. The van der Waals surface area contributed by atoms with Crippen molar-refractivity contribution in [1.29, 1.82) is 0 Å². The molecule has 1 rings (SSSR count). The van der Waals surface area contributed by atoms with Crippen LogP contribution in [0.25, 0.3) is 0 Å². The number of hydrogen-bond donors (Lipinski definition) is 1. The van der Waals surface area contributed by atoms with Gasteiger partial charge in [0.15, 0.2) is 0 Å². The first-order chi connectivity index (χ1) is 9.42. The molecule has 1 aromatic carbocycles. The van der Waals surface area contributed by atoms with Crippen LogP contribution in [0.4, 0.5) is 0 Å². The molecule has 0 heterocycles. The number of rotatable bonds is 8. The molecule has 0 fully saturated rings. The zero-order valence-electron chi connectivity index (χ0n) is 11.9. The molecule has 5 nitrogen and oxygen atoms in total. The van der Waals surface area contributed by atoms with Crippen LogP contribution in [0.15, 0.2) is 17.0 Å². The Morgan fingerprint density at radius 3 is 2.60 bits per heavy atom. The van der Waals surface area contributed by atoms with Gasteiger partial charge in [0, 0.05) is 18.7 Å². The van der Waals surface area contributed by atoms with Gasteiger partial charge < -0.3 is 9.47 Å². The van der Waals surface area contributed by atoms with Gasteiger partial charge in [0.25, 0.3) is 0 Å². The summed E-state index contributed by atoms with van der Waals surface area (Å²) in [4.78, 5) is 0.0534. The van der Waals surface area contributed by atoms with Crippen molar-refractivity contribution in [2.45, 2.75) is 25.2 Å². The van der Waals surface area contributed by atoms with Crippen molar-refractivity contribution >= 4 is 21.6 Å². The van der Waals surface area contributed by atoms with Gasteiger partial charge in [-0.2, -0.15) is 0 Å². The van der Waals surface area contributed by atoms with E-state index in [1.807, 2.05) is 6.92 Å². The van der Waals surface area contributed by atoms with E-state index in [0.717, 1.165) is 12.0 Å². The average Bonchev–Trinajstić information content (AvgIpc) is 2.39. The van der Waals surface area contributed by atoms with E-state index in [1.165, 1.54) is 13.2 Å². The van der Waals surface area contributed by atoms with Crippen molar-refractivity contribution < 1.29 is 17.9 Å². The maximum Gasteiger partial charge on any atom is 0.244 e. The van der Waals surface area contributed by atoms with Crippen LogP contribution in [0.3, 0.4) is 0 Å². The van der Waals surface area contributed by atoms with Crippen LogP contribution in [-0.2, 0) is 14.8 Å². The second-order valence-corrected chi connectivity index (χ2v) is 6.43. The fraction of sp³-hybridized carbons (Fsp3) is 0.538. The lowest BCUT2D eigenvalue weighted by atomic mass is 10.2. The SMILES string of the molecule is CCCOc1cc(C)c(Cl)cc1S(=O)(=O)NCCOC. The number of sulfonamides is 1. The topological polar surface area (TPSA) is 64.6 Å². The van der Waals surface area contributed by atoms with Crippen LogP contribution in [-0.4, -0.2) is 35.3 Å². The first-order valence-electron chi connectivity index (χ1n) is 6.34. The quantitative estimate of drug-likeness (QED) is 0.747. The third-order valence-corrected chi connectivity index (χ3v) is 4.46. The molecule has 0 aliphatic rings. The number of ether oxygens (including phenoxy) is 2. The summed E-state index contributed by atoms with van der Waals surface area (Å²) in [5.41, 5.74) is 0.772. The van der Waals surface area contributed by atoms with Crippen molar-refractivity contribution in [2.24, 2.45) is 0 Å². The van der Waals surface area contributed by atoms with Crippen LogP contribution >= 0.6 is 11.6 Å². The van der Waals surface area contributed by atoms with Gasteiger partial charge in [-0.1, -0.05) is 18.5 Å². The van der Waals surface area contributed by atoms with E-state index in [9.17, 15) is 8.42 Å². The largest absolute Gasteiger partial charge is 0.492 e. The molecule has 0 aromatic heterocycles. The molecule has 0 spiro atoms. The average molecular weight is 322 g/mol. The van der Waals surface area contributed by atoms with Gasteiger partial charge in [-0.15, -0.1) is 0 Å². The van der Waals surface area contributed by atoms with Crippen molar-refractivity contribution in [3.8, 4) is 5.75 Å². The van der Waals surface area contributed by atoms with Crippen LogP contribution in [0.1, 0.15) is 18.9 Å². The van der Waals surface area contributed by atoms with E-state index in [1.54, 1.807) is 13.0 Å². The molecule has 0 saturated carbocycles. The third-order valence-electron chi connectivity index (χ3n) is 2.57. The summed E-state index contributed by atoms with van der Waals surface area (Å²) >= 11 is 6.01. The molecule has 7 heteroatoms. The molecule has 20 heavy (non-hydrogen) atoms. The molecule has 114 valence electrons. The molecule has 0 aliphatic carbocycles. The summed E-state index contributed by atoms with van der Waals surface area (Å²) in [6, 6.07) is 3.06. The lowest BCUT2D eigenvalue weighted by Crippen LogP contribution is -2.27. The second-order valence-electron chi connectivity index (χ2n) is 4.29. The highest BCUT2D eigenvalue weighted by molar-refractivity contribution is 7.89. The van der Waals surface area contributed by atoms with Crippen molar-refractivity contribution in [1.82, 2.24) is 4.72 Å². The Morgan fingerprint density at radius 1 is 1.30 bits per heavy atom. The van der Waals surface area contributed by atoms with Crippen LogP contribution < -0.4 is 9.46 Å². The molecule has 0 saturated heterocycles. The lowest BCUT2D eigenvalue weighted by Gasteiger charge is -2.14. The maximum absolute atomic E-state index is 12.2. The number of nitrogens with one attached hydrogen (secondary N) is 1. The van der Waals surface area contributed by atoms with Gasteiger partial charge in [-0.3, -0.25) is 0 Å². The smallest absolute Gasteiger partial charge is 0.244 e. The number of aryl methyl sites for hydroxylation is 1. The normalized spacial score (nSPS) is 11.6. The van der Waals surface area contributed by atoms with E-state index in [-0.39, 0.29) is 11.4 Å². The first-order valence-corrected chi connectivity index (χ1v) is 8.20. The Morgan fingerprint density at radius 2 is 2.00 bits per heavy atom. The summed E-state index contributed by atoms with van der Waals surface area (Å²) in [5, 5.41) is 0.390. The van der Waals surface area contributed by atoms with Gasteiger partial charge in [-0.05, 0) is 31.0 Å². The predicted molar refractivity (Wildman–Crippen MR) is 79.0 cm³/mol. The third kappa shape index (κ3) is 4.63. The fourth-order valence-electron chi connectivity index (χ4n) is 1.53. The van der Waals surface area contributed by atoms with E-state index in [2.05, 4.69) is 4.72 Å². The maximum atomic E-state index is 12.2. The van der Waals surface area contributed by atoms with Gasteiger partial charge >= 0.3 is 0 Å². The lowest BCUT2D eigenvalue weighted by molar-refractivity contribution is 0.204. The number of benzene rings is 1. The fourth-order valence-corrected chi connectivity index (χ4v) is 2.92. The predicted octanol–water partition coefficient (Wildman–Crippen LogP) is 2.36. The Hall–Kier alpha value is -0.820. The van der Waals surface area contributed by atoms with Gasteiger partial charge in [0.05, 0.1) is 13.2 Å². The van der Waals surface area contributed by atoms with E-state index in [0.29, 0.717) is 24.0 Å². The summed E-state index contributed by atoms with van der Waals surface area (Å²) < 4.78 is 37.3. The van der Waals surface area contributed by atoms with E-state index in [4.69, 9.17) is 21.1 Å². The van der Waals surface area contributed by atoms with Crippen LogP contribution in [0, 0.1) is 6.92 Å².